The molecule has 4 heteroatoms. The Balaban J connectivity index is 1.70. The van der Waals surface area contributed by atoms with Gasteiger partial charge in [-0.25, -0.2) is 0 Å². The first-order valence-corrected chi connectivity index (χ1v) is 8.05. The zero-order valence-corrected chi connectivity index (χ0v) is 12.6. The number of aliphatic hydroxyl groups excluding tert-OH is 1. The number of carbonyl (C=O) groups excluding carboxylic acids is 1. The molecule has 3 nitrogen and oxygen atoms in total. The van der Waals surface area contributed by atoms with Crippen LogP contribution < -0.4 is 5.32 Å². The summed E-state index contributed by atoms with van der Waals surface area (Å²) in [5.74, 6) is 1.35. The zero-order valence-electron chi connectivity index (χ0n) is 11.8. The first-order valence-electron chi connectivity index (χ1n) is 6.89. The number of aryl methyl sites for hydroxylation is 1. The van der Waals surface area contributed by atoms with Crippen LogP contribution >= 0.6 is 11.8 Å². The Labute approximate surface area is 129 Å². The van der Waals surface area contributed by atoms with Crippen molar-refractivity contribution in [1.82, 2.24) is 0 Å². The van der Waals surface area contributed by atoms with Crippen molar-refractivity contribution in [2.45, 2.75) is 13.0 Å². The molecule has 0 aliphatic heterocycles. The second-order valence-electron chi connectivity index (χ2n) is 4.69. The van der Waals surface area contributed by atoms with Crippen molar-refractivity contribution in [2.75, 3.05) is 16.8 Å². The van der Waals surface area contributed by atoms with Crippen molar-refractivity contribution in [3.8, 4) is 0 Å². The van der Waals surface area contributed by atoms with Crippen LogP contribution in [-0.2, 0) is 17.8 Å². The van der Waals surface area contributed by atoms with Crippen LogP contribution in [0.15, 0.2) is 54.6 Å². The Kier molecular flexibility index (Phi) is 6.31. The van der Waals surface area contributed by atoms with Crippen molar-refractivity contribution >= 4 is 23.4 Å². The molecular formula is C17H19NO2S. The van der Waals surface area contributed by atoms with Gasteiger partial charge in [-0.2, -0.15) is 11.8 Å². The van der Waals surface area contributed by atoms with E-state index >= 15 is 0 Å². The molecule has 21 heavy (non-hydrogen) atoms. The molecular weight excluding hydrogens is 282 g/mol. The lowest BCUT2D eigenvalue weighted by atomic mass is 10.2. The van der Waals surface area contributed by atoms with Gasteiger partial charge in [0.05, 0.1) is 12.4 Å². The number of benzene rings is 2. The van der Waals surface area contributed by atoms with Crippen LogP contribution in [0.3, 0.4) is 0 Å². The zero-order chi connectivity index (χ0) is 14.9. The molecule has 1 amide bonds. The molecule has 0 saturated carbocycles. The topological polar surface area (TPSA) is 49.3 Å². The minimum Gasteiger partial charge on any atom is -0.392 e. The number of amides is 1. The van der Waals surface area contributed by atoms with Gasteiger partial charge in [-0.15, -0.1) is 0 Å². The molecule has 2 aromatic rings. The maximum absolute atomic E-state index is 11.8. The average molecular weight is 301 g/mol. The van der Waals surface area contributed by atoms with Gasteiger partial charge in [-0.1, -0.05) is 42.5 Å². The minimum absolute atomic E-state index is 0.0110. The van der Waals surface area contributed by atoms with Crippen molar-refractivity contribution in [3.63, 3.8) is 0 Å². The molecule has 0 unspecified atom stereocenters. The molecule has 0 radical (unpaired) electrons. The third kappa shape index (κ3) is 5.61. The molecule has 2 rings (SSSR count). The SMILES string of the molecule is O=C(CSCCc1ccccc1)Nc1cccc(CO)c1. The summed E-state index contributed by atoms with van der Waals surface area (Å²) in [7, 11) is 0. The lowest BCUT2D eigenvalue weighted by molar-refractivity contribution is -0.113. The van der Waals surface area contributed by atoms with Gasteiger partial charge < -0.3 is 10.4 Å². The van der Waals surface area contributed by atoms with Gasteiger partial charge in [-0.3, -0.25) is 4.79 Å². The smallest absolute Gasteiger partial charge is 0.234 e. The monoisotopic (exact) mass is 301 g/mol. The third-order valence-corrected chi connectivity index (χ3v) is 3.96. The van der Waals surface area contributed by atoms with Gasteiger partial charge in [0.15, 0.2) is 0 Å². The quantitative estimate of drug-likeness (QED) is 0.773. The Bertz CT molecular complexity index is 572. The highest BCUT2D eigenvalue weighted by Gasteiger charge is 2.03. The van der Waals surface area contributed by atoms with E-state index in [1.54, 1.807) is 17.8 Å². The van der Waals surface area contributed by atoms with E-state index in [9.17, 15) is 4.79 Å². The van der Waals surface area contributed by atoms with E-state index in [1.165, 1.54) is 5.56 Å². The molecule has 0 heterocycles. The highest BCUT2D eigenvalue weighted by atomic mass is 32.2. The van der Waals surface area contributed by atoms with Crippen LogP contribution in [0, 0.1) is 0 Å². The molecule has 0 atom stereocenters. The van der Waals surface area contributed by atoms with Gasteiger partial charge in [0.1, 0.15) is 0 Å². The predicted octanol–water partition coefficient (Wildman–Crippen LogP) is 3.09. The number of thioether (sulfide) groups is 1. The molecule has 2 N–H and O–H groups in total. The summed E-state index contributed by atoms with van der Waals surface area (Å²) in [6, 6.07) is 17.5. The largest absolute Gasteiger partial charge is 0.392 e. The highest BCUT2D eigenvalue weighted by Crippen LogP contribution is 2.12. The Morgan fingerprint density at radius 2 is 1.81 bits per heavy atom. The van der Waals surface area contributed by atoms with E-state index in [-0.39, 0.29) is 12.5 Å². The number of hydrogen-bond acceptors (Lipinski definition) is 3. The summed E-state index contributed by atoms with van der Waals surface area (Å²) in [6.07, 6.45) is 0.971. The lowest BCUT2D eigenvalue weighted by Gasteiger charge is -2.06. The van der Waals surface area contributed by atoms with Crippen molar-refractivity contribution < 1.29 is 9.90 Å². The van der Waals surface area contributed by atoms with Gasteiger partial charge in [0.25, 0.3) is 0 Å². The van der Waals surface area contributed by atoms with E-state index in [1.807, 2.05) is 36.4 Å². The number of aliphatic hydroxyl groups is 1. The molecule has 0 aromatic heterocycles. The van der Waals surface area contributed by atoms with Gasteiger partial charge in [-0.05, 0) is 35.4 Å². The van der Waals surface area contributed by atoms with Crippen LogP contribution in [-0.4, -0.2) is 22.5 Å². The summed E-state index contributed by atoms with van der Waals surface area (Å²) >= 11 is 1.62. The van der Waals surface area contributed by atoms with E-state index in [0.717, 1.165) is 23.4 Å². The van der Waals surface area contributed by atoms with Crippen molar-refractivity contribution in [2.24, 2.45) is 0 Å². The summed E-state index contributed by atoms with van der Waals surface area (Å²) in [6.45, 7) is -0.0183. The molecule has 0 spiro atoms. The van der Waals surface area contributed by atoms with Crippen LogP contribution in [0.25, 0.3) is 0 Å². The second-order valence-corrected chi connectivity index (χ2v) is 5.80. The summed E-state index contributed by atoms with van der Waals surface area (Å²) in [5.41, 5.74) is 2.82. The van der Waals surface area contributed by atoms with E-state index in [4.69, 9.17) is 5.11 Å². The molecule has 0 aliphatic rings. The van der Waals surface area contributed by atoms with Crippen molar-refractivity contribution in [1.29, 1.82) is 0 Å². The molecule has 2 aromatic carbocycles. The number of nitrogens with one attached hydrogen (secondary N) is 1. The van der Waals surface area contributed by atoms with Crippen LogP contribution in [0.4, 0.5) is 5.69 Å². The third-order valence-electron chi connectivity index (χ3n) is 3.00. The van der Waals surface area contributed by atoms with Gasteiger partial charge in [0, 0.05) is 5.69 Å². The molecule has 0 aliphatic carbocycles. The molecule has 110 valence electrons. The highest BCUT2D eigenvalue weighted by molar-refractivity contribution is 7.99. The first-order chi connectivity index (χ1) is 10.3. The molecule has 0 bridgehead atoms. The Morgan fingerprint density at radius 3 is 2.57 bits per heavy atom. The Morgan fingerprint density at radius 1 is 1.05 bits per heavy atom. The standard InChI is InChI=1S/C17H19NO2S/c19-12-15-7-4-8-16(11-15)18-17(20)13-21-10-9-14-5-2-1-3-6-14/h1-8,11,19H,9-10,12-13H2,(H,18,20). The van der Waals surface area contributed by atoms with Gasteiger partial charge >= 0.3 is 0 Å². The fourth-order valence-corrected chi connectivity index (χ4v) is 2.73. The Hall–Kier alpha value is -1.78. The fraction of sp³-hybridized carbons (Fsp3) is 0.235. The van der Waals surface area contributed by atoms with Gasteiger partial charge in [0.2, 0.25) is 5.91 Å². The average Bonchev–Trinajstić information content (AvgIpc) is 2.53. The fourth-order valence-electron chi connectivity index (χ4n) is 1.94. The lowest BCUT2D eigenvalue weighted by Crippen LogP contribution is -2.14. The normalized spacial score (nSPS) is 10.3. The minimum atomic E-state index is -0.0183. The maximum Gasteiger partial charge on any atom is 0.234 e. The summed E-state index contributed by atoms with van der Waals surface area (Å²) in [5, 5.41) is 11.9. The number of hydrogen-bond donors (Lipinski definition) is 2. The van der Waals surface area contributed by atoms with Crippen LogP contribution in [0.2, 0.25) is 0 Å². The number of anilines is 1. The predicted molar refractivity (Wildman–Crippen MR) is 88.5 cm³/mol. The van der Waals surface area contributed by atoms with E-state index < -0.39 is 0 Å². The maximum atomic E-state index is 11.8. The summed E-state index contributed by atoms with van der Waals surface area (Å²) in [4.78, 5) is 11.8. The van der Waals surface area contributed by atoms with E-state index in [0.29, 0.717) is 5.75 Å². The second kappa shape index (κ2) is 8.49. The summed E-state index contributed by atoms with van der Waals surface area (Å²) < 4.78 is 0. The van der Waals surface area contributed by atoms with Crippen molar-refractivity contribution in [3.05, 3.63) is 65.7 Å². The number of carbonyl (C=O) groups is 1. The first kappa shape index (κ1) is 15.6. The van der Waals surface area contributed by atoms with E-state index in [2.05, 4.69) is 17.4 Å². The molecule has 0 saturated heterocycles. The number of rotatable bonds is 7. The molecule has 0 fully saturated rings. The van der Waals surface area contributed by atoms with Crippen LogP contribution in [0.5, 0.6) is 0 Å². The van der Waals surface area contributed by atoms with Crippen LogP contribution in [0.1, 0.15) is 11.1 Å².